The van der Waals surface area contributed by atoms with Crippen LogP contribution in [-0.2, 0) is 16.0 Å². The molecule has 3 rings (SSSR count). The van der Waals surface area contributed by atoms with Gasteiger partial charge in [-0.1, -0.05) is 30.2 Å². The second-order valence-corrected chi connectivity index (χ2v) is 6.57. The van der Waals surface area contributed by atoms with Crippen molar-refractivity contribution in [2.24, 2.45) is 5.92 Å². The molecule has 22 heavy (non-hydrogen) atoms. The van der Waals surface area contributed by atoms with Gasteiger partial charge in [0.2, 0.25) is 11.8 Å². The van der Waals surface area contributed by atoms with E-state index in [4.69, 9.17) is 11.6 Å². The van der Waals surface area contributed by atoms with Gasteiger partial charge in [0.25, 0.3) is 0 Å². The van der Waals surface area contributed by atoms with Crippen LogP contribution in [0, 0.1) is 5.92 Å². The van der Waals surface area contributed by atoms with Crippen LogP contribution in [0.3, 0.4) is 0 Å². The lowest BCUT2D eigenvalue weighted by Gasteiger charge is -2.38. The maximum Gasteiger partial charge on any atom is 0.227 e. The van der Waals surface area contributed by atoms with Crippen LogP contribution in [0.4, 0.5) is 0 Å². The van der Waals surface area contributed by atoms with Crippen LogP contribution in [0.5, 0.6) is 0 Å². The van der Waals surface area contributed by atoms with Crippen LogP contribution >= 0.6 is 11.6 Å². The van der Waals surface area contributed by atoms with E-state index in [1.807, 2.05) is 21.9 Å². The number of benzene rings is 1. The Morgan fingerprint density at radius 3 is 2.14 bits per heavy atom. The highest BCUT2D eigenvalue weighted by Gasteiger charge is 2.31. The Kier molecular flexibility index (Phi) is 4.67. The Bertz CT molecular complexity index is 546. The molecule has 2 amide bonds. The first-order chi connectivity index (χ1) is 10.6. The molecule has 2 fully saturated rings. The molecule has 1 aliphatic carbocycles. The highest BCUT2D eigenvalue weighted by Crippen LogP contribution is 2.28. The zero-order chi connectivity index (χ0) is 15.5. The highest BCUT2D eigenvalue weighted by molar-refractivity contribution is 6.30. The zero-order valence-electron chi connectivity index (χ0n) is 12.6. The topological polar surface area (TPSA) is 40.6 Å². The molecule has 0 bridgehead atoms. The number of nitrogens with zero attached hydrogens (tertiary/aromatic N) is 2. The summed E-state index contributed by atoms with van der Waals surface area (Å²) in [7, 11) is 0. The molecule has 0 unspecified atom stereocenters. The third-order valence-corrected chi connectivity index (χ3v) is 4.92. The smallest absolute Gasteiger partial charge is 0.227 e. The van der Waals surface area contributed by atoms with Gasteiger partial charge >= 0.3 is 0 Å². The van der Waals surface area contributed by atoms with Gasteiger partial charge in [0.15, 0.2) is 0 Å². The predicted molar refractivity (Wildman–Crippen MR) is 85.7 cm³/mol. The highest BCUT2D eigenvalue weighted by atomic mass is 35.5. The van der Waals surface area contributed by atoms with Crippen molar-refractivity contribution in [2.75, 3.05) is 26.2 Å². The molecule has 1 aromatic rings. The second kappa shape index (κ2) is 6.69. The molecule has 0 N–H and O–H groups in total. The Morgan fingerprint density at radius 2 is 1.59 bits per heavy atom. The van der Waals surface area contributed by atoms with Gasteiger partial charge in [-0.05, 0) is 30.5 Å². The SMILES string of the molecule is O=C(Cc1ccc(Cl)cc1)N1CCN(C(=O)C2CCC2)CC1. The minimum absolute atomic E-state index is 0.123. The lowest BCUT2D eigenvalue weighted by Crippen LogP contribution is -2.52. The number of piperazine rings is 1. The molecule has 0 aromatic heterocycles. The fraction of sp³-hybridized carbons (Fsp3) is 0.529. The van der Waals surface area contributed by atoms with Crippen molar-refractivity contribution in [1.29, 1.82) is 0 Å². The molecule has 1 saturated carbocycles. The van der Waals surface area contributed by atoms with Gasteiger partial charge in [-0.15, -0.1) is 0 Å². The third kappa shape index (κ3) is 3.43. The molecule has 5 heteroatoms. The molecule has 0 radical (unpaired) electrons. The summed E-state index contributed by atoms with van der Waals surface area (Å²) in [6.07, 6.45) is 3.65. The maximum absolute atomic E-state index is 12.3. The fourth-order valence-electron chi connectivity index (χ4n) is 2.98. The van der Waals surface area contributed by atoms with Gasteiger partial charge in [0.05, 0.1) is 6.42 Å². The van der Waals surface area contributed by atoms with Gasteiger partial charge in [-0.3, -0.25) is 9.59 Å². The van der Waals surface area contributed by atoms with Crippen LogP contribution in [0.25, 0.3) is 0 Å². The lowest BCUT2D eigenvalue weighted by atomic mass is 9.84. The minimum Gasteiger partial charge on any atom is -0.339 e. The van der Waals surface area contributed by atoms with E-state index in [0.717, 1.165) is 18.4 Å². The summed E-state index contributed by atoms with van der Waals surface area (Å²) in [4.78, 5) is 28.3. The van der Waals surface area contributed by atoms with Gasteiger partial charge in [-0.25, -0.2) is 0 Å². The predicted octanol–water partition coefficient (Wildman–Crippen LogP) is 2.35. The van der Waals surface area contributed by atoms with E-state index in [1.165, 1.54) is 6.42 Å². The van der Waals surface area contributed by atoms with E-state index in [-0.39, 0.29) is 17.7 Å². The standard InChI is InChI=1S/C17H21ClN2O2/c18-15-6-4-13(5-7-15)12-16(21)19-8-10-20(11-9-19)17(22)14-2-1-3-14/h4-7,14H,1-3,8-12H2. The van der Waals surface area contributed by atoms with E-state index < -0.39 is 0 Å². The lowest BCUT2D eigenvalue weighted by molar-refractivity contribution is -0.143. The molecule has 1 aliphatic heterocycles. The van der Waals surface area contributed by atoms with Crippen LogP contribution in [0.2, 0.25) is 5.02 Å². The Balaban J connectivity index is 1.49. The van der Waals surface area contributed by atoms with Crippen LogP contribution in [-0.4, -0.2) is 47.8 Å². The van der Waals surface area contributed by atoms with Crippen LogP contribution in [0.1, 0.15) is 24.8 Å². The summed E-state index contributed by atoms with van der Waals surface area (Å²) in [6, 6.07) is 7.38. The maximum atomic E-state index is 12.3. The van der Waals surface area contributed by atoms with E-state index in [2.05, 4.69) is 0 Å². The first-order valence-electron chi connectivity index (χ1n) is 7.94. The molecule has 118 valence electrons. The number of hydrogen-bond donors (Lipinski definition) is 0. The van der Waals surface area contributed by atoms with Gasteiger partial charge in [0.1, 0.15) is 0 Å². The minimum atomic E-state index is 0.123. The monoisotopic (exact) mass is 320 g/mol. The average Bonchev–Trinajstić information content (AvgIpc) is 2.48. The van der Waals surface area contributed by atoms with E-state index in [0.29, 0.717) is 37.6 Å². The first kappa shape index (κ1) is 15.3. The number of hydrogen-bond acceptors (Lipinski definition) is 2. The number of halogens is 1. The molecule has 0 atom stereocenters. The van der Waals surface area contributed by atoms with Gasteiger partial charge in [0, 0.05) is 37.1 Å². The van der Waals surface area contributed by atoms with Gasteiger partial charge < -0.3 is 9.80 Å². The van der Waals surface area contributed by atoms with Crippen molar-refractivity contribution >= 4 is 23.4 Å². The second-order valence-electron chi connectivity index (χ2n) is 6.14. The summed E-state index contributed by atoms with van der Waals surface area (Å²) in [6.45, 7) is 2.62. The molecule has 2 aliphatic rings. The average molecular weight is 321 g/mol. The molecular formula is C17H21ClN2O2. The Labute approximate surface area is 136 Å². The molecular weight excluding hydrogens is 300 g/mol. The number of rotatable bonds is 3. The largest absolute Gasteiger partial charge is 0.339 e. The molecule has 1 saturated heterocycles. The summed E-state index contributed by atoms with van der Waals surface area (Å²) < 4.78 is 0. The zero-order valence-corrected chi connectivity index (χ0v) is 13.4. The van der Waals surface area contributed by atoms with E-state index >= 15 is 0 Å². The van der Waals surface area contributed by atoms with Crippen molar-refractivity contribution in [3.63, 3.8) is 0 Å². The first-order valence-corrected chi connectivity index (χ1v) is 8.32. The van der Waals surface area contributed by atoms with E-state index in [1.54, 1.807) is 12.1 Å². The summed E-state index contributed by atoms with van der Waals surface area (Å²) in [5.74, 6) is 0.658. The molecule has 0 spiro atoms. The number of carbonyl (C=O) groups is 2. The number of carbonyl (C=O) groups excluding carboxylic acids is 2. The van der Waals surface area contributed by atoms with Gasteiger partial charge in [-0.2, -0.15) is 0 Å². The van der Waals surface area contributed by atoms with Crippen LogP contribution < -0.4 is 0 Å². The van der Waals surface area contributed by atoms with Crippen molar-refractivity contribution < 1.29 is 9.59 Å². The molecule has 4 nitrogen and oxygen atoms in total. The van der Waals surface area contributed by atoms with Crippen molar-refractivity contribution in [2.45, 2.75) is 25.7 Å². The van der Waals surface area contributed by atoms with Crippen LogP contribution in [0.15, 0.2) is 24.3 Å². The summed E-state index contributed by atoms with van der Waals surface area (Å²) in [5.41, 5.74) is 0.974. The van der Waals surface area contributed by atoms with Crippen molar-refractivity contribution in [1.82, 2.24) is 9.80 Å². The molecule has 1 heterocycles. The van der Waals surface area contributed by atoms with Crippen molar-refractivity contribution in [3.05, 3.63) is 34.9 Å². The quantitative estimate of drug-likeness (QED) is 0.858. The van der Waals surface area contributed by atoms with Crippen molar-refractivity contribution in [3.8, 4) is 0 Å². The number of amides is 2. The molecule has 1 aromatic carbocycles. The Morgan fingerprint density at radius 1 is 1.00 bits per heavy atom. The Hall–Kier alpha value is -1.55. The normalized spacial score (nSPS) is 19.0. The summed E-state index contributed by atoms with van der Waals surface area (Å²) in [5, 5.41) is 0.680. The van der Waals surface area contributed by atoms with E-state index in [9.17, 15) is 9.59 Å². The third-order valence-electron chi connectivity index (χ3n) is 4.67. The fourth-order valence-corrected chi connectivity index (χ4v) is 3.10. The summed E-state index contributed by atoms with van der Waals surface area (Å²) >= 11 is 5.85.